The number of carbonyl (C=O) groups excluding carboxylic acids is 3. The number of carboxylic acid groups (broad SMARTS) is 2. The van der Waals surface area contributed by atoms with Crippen LogP contribution in [0, 0.1) is 0 Å². The fourth-order valence-electron chi connectivity index (χ4n) is 4.28. The standard InChI is InChI=1S/C27H35N7O7S/c1-42-9-8-20(32-24(37)18(28)6-7-23(35)36)25(38)33-21(10-15-12-30-19-5-3-2-4-17(15)19)26(39)34-22(27(40)41)11-16-13-29-14-31-16/h2-5,12-14,18,20-22,30H,6-11,28H2,1H3,(H,29,31)(H,32,37)(H,33,38)(H,34,39)(H,35,36)(H,40,41). The number of rotatable bonds is 17. The summed E-state index contributed by atoms with van der Waals surface area (Å²) in [5.41, 5.74) is 7.87. The van der Waals surface area contributed by atoms with Crippen molar-refractivity contribution in [2.24, 2.45) is 5.73 Å². The van der Waals surface area contributed by atoms with Gasteiger partial charge in [0.1, 0.15) is 18.1 Å². The summed E-state index contributed by atoms with van der Waals surface area (Å²) in [5.74, 6) is -3.96. The van der Waals surface area contributed by atoms with Crippen molar-refractivity contribution in [2.75, 3.05) is 12.0 Å². The lowest BCUT2D eigenvalue weighted by molar-refractivity contribution is -0.142. The van der Waals surface area contributed by atoms with Crippen molar-refractivity contribution >= 4 is 52.3 Å². The van der Waals surface area contributed by atoms with Crippen LogP contribution < -0.4 is 21.7 Å². The lowest BCUT2D eigenvalue weighted by Gasteiger charge is -2.25. The van der Waals surface area contributed by atoms with E-state index in [0.29, 0.717) is 17.0 Å². The Morgan fingerprint density at radius 1 is 0.929 bits per heavy atom. The van der Waals surface area contributed by atoms with E-state index in [1.165, 1.54) is 24.3 Å². The second kappa shape index (κ2) is 15.6. The average molecular weight is 602 g/mol. The number of H-pyrrole nitrogens is 2. The predicted octanol–water partition coefficient (Wildman–Crippen LogP) is 0.160. The highest BCUT2D eigenvalue weighted by Crippen LogP contribution is 2.19. The van der Waals surface area contributed by atoms with Gasteiger partial charge < -0.3 is 41.9 Å². The van der Waals surface area contributed by atoms with E-state index in [-0.39, 0.29) is 32.1 Å². The fourth-order valence-corrected chi connectivity index (χ4v) is 4.76. The molecule has 4 atom stereocenters. The Morgan fingerprint density at radius 2 is 1.62 bits per heavy atom. The second-order valence-electron chi connectivity index (χ2n) is 9.69. The SMILES string of the molecule is CSCCC(NC(=O)C(N)CCC(=O)O)C(=O)NC(Cc1c[nH]c2ccccc12)C(=O)NC(Cc1cnc[nH]1)C(=O)O. The minimum absolute atomic E-state index is 0.0271. The average Bonchev–Trinajstić information content (AvgIpc) is 3.63. The molecule has 0 saturated carbocycles. The maximum absolute atomic E-state index is 13.5. The van der Waals surface area contributed by atoms with E-state index < -0.39 is 53.8 Å². The zero-order chi connectivity index (χ0) is 30.6. The summed E-state index contributed by atoms with van der Waals surface area (Å²) in [6.45, 7) is 0. The van der Waals surface area contributed by atoms with Crippen molar-refractivity contribution in [3.63, 3.8) is 0 Å². The van der Waals surface area contributed by atoms with Crippen LogP contribution >= 0.6 is 11.8 Å². The van der Waals surface area contributed by atoms with E-state index in [2.05, 4.69) is 30.9 Å². The summed E-state index contributed by atoms with van der Waals surface area (Å²) < 4.78 is 0. The summed E-state index contributed by atoms with van der Waals surface area (Å²) in [7, 11) is 0. The molecule has 0 radical (unpaired) electrons. The van der Waals surface area contributed by atoms with Crippen LogP contribution in [0.5, 0.6) is 0 Å². The highest BCUT2D eigenvalue weighted by Gasteiger charge is 2.31. The Morgan fingerprint density at radius 3 is 2.29 bits per heavy atom. The maximum atomic E-state index is 13.5. The number of amides is 3. The molecule has 1 aromatic carbocycles. The molecule has 9 N–H and O–H groups in total. The minimum atomic E-state index is -1.31. The zero-order valence-corrected chi connectivity index (χ0v) is 23.8. The molecule has 0 aliphatic rings. The van der Waals surface area contributed by atoms with Gasteiger partial charge in [-0.3, -0.25) is 19.2 Å². The number of nitrogens with zero attached hydrogens (tertiary/aromatic N) is 1. The van der Waals surface area contributed by atoms with E-state index in [4.69, 9.17) is 10.8 Å². The first kappa shape index (κ1) is 32.1. The molecule has 0 saturated heterocycles. The van der Waals surface area contributed by atoms with Gasteiger partial charge in [-0.15, -0.1) is 0 Å². The van der Waals surface area contributed by atoms with Gasteiger partial charge in [-0.05, 0) is 36.5 Å². The number of imidazole rings is 1. The molecule has 4 unspecified atom stereocenters. The van der Waals surface area contributed by atoms with Crippen molar-refractivity contribution in [1.82, 2.24) is 30.9 Å². The number of hydrogen-bond donors (Lipinski definition) is 8. The quantitative estimate of drug-likeness (QED) is 0.104. The summed E-state index contributed by atoms with van der Waals surface area (Å²) in [5, 5.41) is 27.2. The van der Waals surface area contributed by atoms with E-state index in [1.807, 2.05) is 30.5 Å². The number of benzene rings is 1. The molecule has 0 aliphatic heterocycles. The van der Waals surface area contributed by atoms with Gasteiger partial charge in [0.25, 0.3) is 0 Å². The summed E-state index contributed by atoms with van der Waals surface area (Å²) >= 11 is 1.44. The lowest BCUT2D eigenvalue weighted by atomic mass is 10.0. The smallest absolute Gasteiger partial charge is 0.326 e. The first-order valence-corrected chi connectivity index (χ1v) is 14.6. The third kappa shape index (κ3) is 9.34. The van der Waals surface area contributed by atoms with E-state index in [0.717, 1.165) is 10.9 Å². The fraction of sp³-hybridized carbons (Fsp3) is 0.407. The van der Waals surface area contributed by atoms with Crippen molar-refractivity contribution in [1.29, 1.82) is 0 Å². The van der Waals surface area contributed by atoms with E-state index in [1.54, 1.807) is 6.20 Å². The summed E-state index contributed by atoms with van der Waals surface area (Å²) in [6, 6.07) is 2.68. The van der Waals surface area contributed by atoms with Crippen molar-refractivity contribution < 1.29 is 34.2 Å². The Labute approximate surface area is 245 Å². The Balaban J connectivity index is 1.82. The molecule has 0 bridgehead atoms. The van der Waals surface area contributed by atoms with E-state index in [9.17, 15) is 29.1 Å². The summed E-state index contributed by atoms with van der Waals surface area (Å²) in [6.07, 6.45) is 6.14. The topological polar surface area (TPSA) is 232 Å². The molecule has 226 valence electrons. The van der Waals surface area contributed by atoms with Crippen molar-refractivity contribution in [2.45, 2.75) is 56.3 Å². The molecule has 3 amide bonds. The molecule has 2 heterocycles. The van der Waals surface area contributed by atoms with Crippen molar-refractivity contribution in [3.8, 4) is 0 Å². The van der Waals surface area contributed by atoms with Crippen LogP contribution in [-0.4, -0.2) is 91.0 Å². The molecule has 0 spiro atoms. The number of fused-ring (bicyclic) bond motifs is 1. The van der Waals surface area contributed by atoms with Gasteiger partial charge in [0.05, 0.1) is 12.4 Å². The number of carbonyl (C=O) groups is 5. The number of aromatic amines is 2. The van der Waals surface area contributed by atoms with Crippen LogP contribution in [0.15, 0.2) is 43.0 Å². The number of nitrogens with one attached hydrogen (secondary N) is 5. The highest BCUT2D eigenvalue weighted by atomic mass is 32.2. The number of para-hydroxylation sites is 1. The summed E-state index contributed by atoms with van der Waals surface area (Å²) in [4.78, 5) is 72.3. The molecular formula is C27H35N7O7S. The van der Waals surface area contributed by atoms with Crippen LogP contribution in [0.4, 0.5) is 0 Å². The molecule has 42 heavy (non-hydrogen) atoms. The second-order valence-corrected chi connectivity index (χ2v) is 10.7. The maximum Gasteiger partial charge on any atom is 0.326 e. The normalized spacial score (nSPS) is 14.0. The first-order chi connectivity index (χ1) is 20.1. The molecule has 14 nitrogen and oxygen atoms in total. The van der Waals surface area contributed by atoms with Gasteiger partial charge in [0, 0.05) is 48.3 Å². The first-order valence-electron chi connectivity index (χ1n) is 13.2. The van der Waals surface area contributed by atoms with Crippen LogP contribution in [0.2, 0.25) is 0 Å². The Hall–Kier alpha value is -4.37. The van der Waals surface area contributed by atoms with Gasteiger partial charge in [-0.2, -0.15) is 11.8 Å². The third-order valence-electron chi connectivity index (χ3n) is 6.58. The van der Waals surface area contributed by atoms with Crippen molar-refractivity contribution in [3.05, 3.63) is 54.2 Å². The number of nitrogens with two attached hydrogens (primary N) is 1. The highest BCUT2D eigenvalue weighted by molar-refractivity contribution is 7.98. The molecular weight excluding hydrogens is 566 g/mol. The Kier molecular flexibility index (Phi) is 11.9. The number of aromatic nitrogens is 3. The van der Waals surface area contributed by atoms with Crippen LogP contribution in [0.3, 0.4) is 0 Å². The predicted molar refractivity (Wildman–Crippen MR) is 156 cm³/mol. The third-order valence-corrected chi connectivity index (χ3v) is 7.22. The molecule has 15 heteroatoms. The molecule has 0 fully saturated rings. The van der Waals surface area contributed by atoms with Gasteiger partial charge in [-0.1, -0.05) is 18.2 Å². The van der Waals surface area contributed by atoms with Crippen LogP contribution in [-0.2, 0) is 36.8 Å². The van der Waals surface area contributed by atoms with Gasteiger partial charge in [0.2, 0.25) is 17.7 Å². The minimum Gasteiger partial charge on any atom is -0.481 e. The number of thioether (sulfide) groups is 1. The van der Waals surface area contributed by atoms with Gasteiger partial charge >= 0.3 is 11.9 Å². The van der Waals surface area contributed by atoms with Gasteiger partial charge in [0.15, 0.2) is 0 Å². The number of aliphatic carboxylic acids is 2. The molecule has 3 aromatic rings. The zero-order valence-electron chi connectivity index (χ0n) is 23.0. The van der Waals surface area contributed by atoms with Gasteiger partial charge in [-0.25, -0.2) is 9.78 Å². The molecule has 3 rings (SSSR count). The number of carboxylic acids is 2. The monoisotopic (exact) mass is 601 g/mol. The van der Waals surface area contributed by atoms with E-state index >= 15 is 0 Å². The molecule has 2 aromatic heterocycles. The van der Waals surface area contributed by atoms with Crippen LogP contribution in [0.1, 0.15) is 30.5 Å². The largest absolute Gasteiger partial charge is 0.481 e. The number of hydrogen-bond acceptors (Lipinski definition) is 8. The van der Waals surface area contributed by atoms with Crippen LogP contribution in [0.25, 0.3) is 10.9 Å². The lowest BCUT2D eigenvalue weighted by Crippen LogP contribution is -2.58. The molecule has 0 aliphatic carbocycles. The Bertz CT molecular complexity index is 1380.